The quantitative estimate of drug-likeness (QED) is 0.750. The Morgan fingerprint density at radius 2 is 2.08 bits per heavy atom. The fourth-order valence-corrected chi connectivity index (χ4v) is 2.27. The van der Waals surface area contributed by atoms with Gasteiger partial charge in [-0.1, -0.05) is 37.3 Å². The van der Waals surface area contributed by atoms with Crippen molar-refractivity contribution in [3.8, 4) is 0 Å². The van der Waals surface area contributed by atoms with Crippen LogP contribution in [0.4, 0.5) is 0 Å². The Bertz CT molecular complexity index is 274. The largest absolute Gasteiger partial charge is 0.330 e. The third kappa shape index (κ3) is 1.37. The second-order valence-corrected chi connectivity index (χ2v) is 4.09. The molecule has 0 amide bonds. The van der Waals surface area contributed by atoms with Crippen LogP contribution in [0, 0.1) is 5.41 Å². The Kier molecular flexibility index (Phi) is 2.12. The number of rotatable bonds is 3. The summed E-state index contributed by atoms with van der Waals surface area (Å²) in [4.78, 5) is 0. The summed E-state index contributed by atoms with van der Waals surface area (Å²) in [6.45, 7) is 3.08. The molecule has 0 heterocycles. The minimum Gasteiger partial charge on any atom is -0.330 e. The molecule has 2 atom stereocenters. The summed E-state index contributed by atoms with van der Waals surface area (Å²) in [5.41, 5.74) is 7.71. The van der Waals surface area contributed by atoms with E-state index in [1.165, 1.54) is 18.4 Å². The van der Waals surface area contributed by atoms with Gasteiger partial charge in [-0.25, -0.2) is 0 Å². The first-order valence-electron chi connectivity index (χ1n) is 5.07. The Morgan fingerprint density at radius 1 is 1.38 bits per heavy atom. The highest BCUT2D eigenvalue weighted by Crippen LogP contribution is 2.60. The fraction of sp³-hybridized carbons (Fsp3) is 0.500. The number of nitrogens with two attached hydrogens (primary N) is 1. The molecule has 1 nitrogen and oxygen atoms in total. The van der Waals surface area contributed by atoms with Crippen LogP contribution in [0.25, 0.3) is 0 Å². The molecule has 1 fully saturated rings. The van der Waals surface area contributed by atoms with Gasteiger partial charge in [0.1, 0.15) is 0 Å². The van der Waals surface area contributed by atoms with E-state index in [1.807, 2.05) is 0 Å². The zero-order valence-corrected chi connectivity index (χ0v) is 8.16. The van der Waals surface area contributed by atoms with Gasteiger partial charge in [0.15, 0.2) is 0 Å². The van der Waals surface area contributed by atoms with Gasteiger partial charge in [-0.3, -0.25) is 0 Å². The summed E-state index contributed by atoms with van der Waals surface area (Å²) < 4.78 is 0. The third-order valence-electron chi connectivity index (χ3n) is 3.50. The van der Waals surface area contributed by atoms with E-state index in [9.17, 15) is 0 Å². The standard InChI is InChI=1S/C12H17N/c1-2-12(9-13)8-11(12)10-6-4-3-5-7-10/h3-7,11H,2,8-9,13H2,1H3. The molecular formula is C12H17N. The molecule has 2 rings (SSSR count). The summed E-state index contributed by atoms with van der Waals surface area (Å²) in [5, 5.41) is 0. The van der Waals surface area contributed by atoms with E-state index in [0.717, 1.165) is 12.5 Å². The van der Waals surface area contributed by atoms with Gasteiger partial charge in [-0.2, -0.15) is 0 Å². The molecule has 0 radical (unpaired) electrons. The summed E-state index contributed by atoms with van der Waals surface area (Å²) in [7, 11) is 0. The SMILES string of the molecule is CCC1(CN)CC1c1ccccc1. The van der Waals surface area contributed by atoms with Gasteiger partial charge in [0.05, 0.1) is 0 Å². The molecule has 0 spiro atoms. The maximum Gasteiger partial charge on any atom is -0.00145 e. The lowest BCUT2D eigenvalue weighted by Crippen LogP contribution is -2.16. The molecule has 0 aromatic heterocycles. The monoisotopic (exact) mass is 175 g/mol. The van der Waals surface area contributed by atoms with Crippen molar-refractivity contribution in [1.29, 1.82) is 0 Å². The van der Waals surface area contributed by atoms with Crippen molar-refractivity contribution in [2.24, 2.45) is 11.1 Å². The van der Waals surface area contributed by atoms with Crippen LogP contribution in [0.2, 0.25) is 0 Å². The van der Waals surface area contributed by atoms with Crippen molar-refractivity contribution in [3.05, 3.63) is 35.9 Å². The summed E-state index contributed by atoms with van der Waals surface area (Å²) in [6, 6.07) is 10.7. The van der Waals surface area contributed by atoms with E-state index in [0.29, 0.717) is 5.41 Å². The van der Waals surface area contributed by atoms with Crippen molar-refractivity contribution >= 4 is 0 Å². The molecule has 13 heavy (non-hydrogen) atoms. The number of benzene rings is 1. The van der Waals surface area contributed by atoms with Crippen molar-refractivity contribution in [3.63, 3.8) is 0 Å². The van der Waals surface area contributed by atoms with Gasteiger partial charge in [0.2, 0.25) is 0 Å². The molecule has 1 saturated carbocycles. The van der Waals surface area contributed by atoms with E-state index in [4.69, 9.17) is 5.73 Å². The van der Waals surface area contributed by atoms with Gasteiger partial charge < -0.3 is 5.73 Å². The average molecular weight is 175 g/mol. The lowest BCUT2D eigenvalue weighted by atomic mass is 9.97. The third-order valence-corrected chi connectivity index (χ3v) is 3.50. The van der Waals surface area contributed by atoms with Gasteiger partial charge >= 0.3 is 0 Å². The van der Waals surface area contributed by atoms with Crippen LogP contribution < -0.4 is 5.73 Å². The maximum absolute atomic E-state index is 5.81. The van der Waals surface area contributed by atoms with E-state index >= 15 is 0 Å². The first-order chi connectivity index (χ1) is 6.32. The van der Waals surface area contributed by atoms with E-state index < -0.39 is 0 Å². The maximum atomic E-state index is 5.81. The van der Waals surface area contributed by atoms with Crippen LogP contribution in [-0.2, 0) is 0 Å². The van der Waals surface area contributed by atoms with Crippen LogP contribution in [0.3, 0.4) is 0 Å². The van der Waals surface area contributed by atoms with Crippen LogP contribution in [0.15, 0.2) is 30.3 Å². The molecule has 1 aliphatic rings. The Balaban J connectivity index is 2.15. The molecule has 1 aliphatic carbocycles. The van der Waals surface area contributed by atoms with Crippen LogP contribution in [0.1, 0.15) is 31.2 Å². The molecule has 0 saturated heterocycles. The molecule has 2 unspecified atom stereocenters. The van der Waals surface area contributed by atoms with Gasteiger partial charge in [0.25, 0.3) is 0 Å². The lowest BCUT2D eigenvalue weighted by Gasteiger charge is -2.11. The highest BCUT2D eigenvalue weighted by atomic mass is 14.7. The molecule has 70 valence electrons. The Morgan fingerprint density at radius 3 is 2.54 bits per heavy atom. The van der Waals surface area contributed by atoms with Crippen molar-refractivity contribution < 1.29 is 0 Å². The van der Waals surface area contributed by atoms with Crippen LogP contribution in [-0.4, -0.2) is 6.54 Å². The average Bonchev–Trinajstić information content (AvgIpc) is 2.95. The number of hydrogen-bond acceptors (Lipinski definition) is 1. The van der Waals surface area contributed by atoms with Gasteiger partial charge in [-0.05, 0) is 36.3 Å². The molecule has 0 bridgehead atoms. The highest BCUT2D eigenvalue weighted by Gasteiger charge is 2.51. The highest BCUT2D eigenvalue weighted by molar-refractivity contribution is 5.29. The first-order valence-corrected chi connectivity index (χ1v) is 5.07. The second-order valence-electron chi connectivity index (χ2n) is 4.09. The summed E-state index contributed by atoms with van der Waals surface area (Å²) in [5.74, 6) is 0.726. The lowest BCUT2D eigenvalue weighted by molar-refractivity contribution is 0.485. The Labute approximate surface area is 80.0 Å². The summed E-state index contributed by atoms with van der Waals surface area (Å²) in [6.07, 6.45) is 2.49. The zero-order chi connectivity index (χ0) is 9.31. The molecule has 2 N–H and O–H groups in total. The molecule has 1 heteroatoms. The summed E-state index contributed by atoms with van der Waals surface area (Å²) >= 11 is 0. The fourth-order valence-electron chi connectivity index (χ4n) is 2.27. The van der Waals surface area contributed by atoms with Crippen molar-refractivity contribution in [2.75, 3.05) is 6.54 Å². The molecular weight excluding hydrogens is 158 g/mol. The normalized spacial score (nSPS) is 31.7. The minimum atomic E-state index is 0.432. The minimum absolute atomic E-state index is 0.432. The van der Waals surface area contributed by atoms with Crippen LogP contribution >= 0.6 is 0 Å². The van der Waals surface area contributed by atoms with E-state index in [1.54, 1.807) is 0 Å². The van der Waals surface area contributed by atoms with Gasteiger partial charge in [-0.15, -0.1) is 0 Å². The topological polar surface area (TPSA) is 26.0 Å². The Hall–Kier alpha value is -0.820. The van der Waals surface area contributed by atoms with Crippen molar-refractivity contribution in [2.45, 2.75) is 25.7 Å². The predicted molar refractivity (Wildman–Crippen MR) is 55.6 cm³/mol. The van der Waals surface area contributed by atoms with Crippen molar-refractivity contribution in [1.82, 2.24) is 0 Å². The van der Waals surface area contributed by atoms with E-state index in [-0.39, 0.29) is 0 Å². The van der Waals surface area contributed by atoms with Gasteiger partial charge in [0, 0.05) is 0 Å². The van der Waals surface area contributed by atoms with Crippen LogP contribution in [0.5, 0.6) is 0 Å². The smallest absolute Gasteiger partial charge is 0.00145 e. The second kappa shape index (κ2) is 3.15. The zero-order valence-electron chi connectivity index (χ0n) is 8.16. The predicted octanol–water partition coefficient (Wildman–Crippen LogP) is 2.53. The first kappa shape index (κ1) is 8.76. The number of hydrogen-bond donors (Lipinski definition) is 1. The molecule has 1 aromatic carbocycles. The van der Waals surface area contributed by atoms with E-state index in [2.05, 4.69) is 37.3 Å². The molecule has 0 aliphatic heterocycles. The molecule has 1 aromatic rings.